The predicted molar refractivity (Wildman–Crippen MR) is 97.0 cm³/mol. The zero-order valence-electron chi connectivity index (χ0n) is 14.4. The van der Waals surface area contributed by atoms with E-state index in [1.807, 2.05) is 32.0 Å². The number of carbonyl (C=O) groups is 2. The first-order valence-corrected chi connectivity index (χ1v) is 8.00. The van der Waals surface area contributed by atoms with Crippen LogP contribution in [0.4, 0.5) is 5.69 Å². The quantitative estimate of drug-likeness (QED) is 0.727. The third kappa shape index (κ3) is 4.85. The van der Waals surface area contributed by atoms with Gasteiger partial charge in [-0.2, -0.15) is 0 Å². The number of carbonyl (C=O) groups excluding carboxylic acids is 2. The molecule has 134 valence electrons. The fourth-order valence-electron chi connectivity index (χ4n) is 2.72. The van der Waals surface area contributed by atoms with Crippen LogP contribution < -0.4 is 20.3 Å². The summed E-state index contributed by atoms with van der Waals surface area (Å²) in [4.78, 5) is 26.2. The molecule has 2 N–H and O–H groups in total. The smallest absolute Gasteiger partial charge is 0.227 e. The van der Waals surface area contributed by atoms with Gasteiger partial charge in [-0.3, -0.25) is 9.59 Å². The molecule has 1 heterocycles. The summed E-state index contributed by atoms with van der Waals surface area (Å²) in [5.41, 5.74) is 1.78. The first-order chi connectivity index (χ1) is 11.1. The van der Waals surface area contributed by atoms with Crippen molar-refractivity contribution in [2.75, 3.05) is 38.2 Å². The number of ether oxygens (including phenoxy) is 1. The fourth-order valence-corrected chi connectivity index (χ4v) is 2.72. The third-order valence-corrected chi connectivity index (χ3v) is 3.97. The number of nitrogens with one attached hydrogen (secondary N) is 2. The number of hydrogen-bond acceptors (Lipinski definition) is 4. The van der Waals surface area contributed by atoms with Crippen LogP contribution in [0.15, 0.2) is 18.2 Å². The van der Waals surface area contributed by atoms with E-state index in [-0.39, 0.29) is 36.6 Å². The number of anilines is 1. The lowest BCUT2D eigenvalue weighted by Gasteiger charge is -2.20. The highest BCUT2D eigenvalue weighted by atomic mass is 35.5. The van der Waals surface area contributed by atoms with Crippen molar-refractivity contribution in [3.05, 3.63) is 23.8 Å². The Kier molecular flexibility index (Phi) is 8.01. The molecular formula is C17H26ClN3O3. The lowest BCUT2D eigenvalue weighted by atomic mass is 10.1. The van der Waals surface area contributed by atoms with Crippen LogP contribution in [-0.2, 0) is 9.59 Å². The van der Waals surface area contributed by atoms with E-state index < -0.39 is 0 Å². The Morgan fingerprint density at radius 2 is 2.12 bits per heavy atom. The molecule has 24 heavy (non-hydrogen) atoms. The molecular weight excluding hydrogens is 330 g/mol. The van der Waals surface area contributed by atoms with Gasteiger partial charge < -0.3 is 20.3 Å². The van der Waals surface area contributed by atoms with E-state index in [1.165, 1.54) is 0 Å². The lowest BCUT2D eigenvalue weighted by Crippen LogP contribution is -2.37. The molecule has 1 fully saturated rings. The normalized spacial score (nSPS) is 16.7. The maximum Gasteiger partial charge on any atom is 0.227 e. The topological polar surface area (TPSA) is 70.7 Å². The predicted octanol–water partition coefficient (Wildman–Crippen LogP) is 1.50. The summed E-state index contributed by atoms with van der Waals surface area (Å²) < 4.78 is 5.35. The fraction of sp³-hybridized carbons (Fsp3) is 0.529. The van der Waals surface area contributed by atoms with Gasteiger partial charge in [0.2, 0.25) is 11.8 Å². The summed E-state index contributed by atoms with van der Waals surface area (Å²) in [6.45, 7) is 6.56. The van der Waals surface area contributed by atoms with E-state index in [9.17, 15) is 9.59 Å². The first-order valence-electron chi connectivity index (χ1n) is 8.00. The minimum absolute atomic E-state index is 0. The Balaban J connectivity index is 0.00000288. The van der Waals surface area contributed by atoms with E-state index in [0.717, 1.165) is 24.3 Å². The molecule has 1 aliphatic heterocycles. The Morgan fingerprint density at radius 3 is 2.79 bits per heavy atom. The van der Waals surface area contributed by atoms with Gasteiger partial charge in [-0.25, -0.2) is 0 Å². The number of methoxy groups -OCH3 is 1. The second-order valence-corrected chi connectivity index (χ2v) is 5.73. The number of benzene rings is 1. The number of likely N-dealkylation sites (N-methyl/N-ethyl adjacent to an activating group) is 1. The minimum atomic E-state index is -0.311. The molecule has 0 aromatic heterocycles. The monoisotopic (exact) mass is 355 g/mol. The van der Waals surface area contributed by atoms with Crippen molar-refractivity contribution < 1.29 is 14.3 Å². The molecule has 7 heteroatoms. The number of aryl methyl sites for hydroxylation is 1. The first kappa shape index (κ1) is 20.3. The van der Waals surface area contributed by atoms with E-state index >= 15 is 0 Å². The molecule has 1 saturated heterocycles. The van der Waals surface area contributed by atoms with Crippen molar-refractivity contribution in [1.29, 1.82) is 0 Å². The van der Waals surface area contributed by atoms with Crippen molar-refractivity contribution in [1.82, 2.24) is 10.6 Å². The molecule has 1 atom stereocenters. The van der Waals surface area contributed by atoms with Gasteiger partial charge in [0.25, 0.3) is 0 Å². The second-order valence-electron chi connectivity index (χ2n) is 5.73. The highest BCUT2D eigenvalue weighted by Crippen LogP contribution is 2.33. The summed E-state index contributed by atoms with van der Waals surface area (Å²) in [6.07, 6.45) is 0.240. The second kappa shape index (κ2) is 9.49. The standard InChI is InChI=1S/C17H25N3O3.ClH/c1-4-18-7-8-19-17(22)13-10-16(21)20(11-13)14-9-12(2)5-6-15(14)23-3;/h5-6,9,13,18H,4,7-8,10-11H2,1-3H3,(H,19,22);1H. The van der Waals surface area contributed by atoms with Gasteiger partial charge in [-0.05, 0) is 31.2 Å². The molecule has 2 rings (SSSR count). The van der Waals surface area contributed by atoms with Gasteiger partial charge >= 0.3 is 0 Å². The molecule has 1 aromatic rings. The molecule has 0 bridgehead atoms. The van der Waals surface area contributed by atoms with Gasteiger partial charge in [0.1, 0.15) is 5.75 Å². The van der Waals surface area contributed by atoms with E-state index in [2.05, 4.69) is 10.6 Å². The number of amides is 2. The summed E-state index contributed by atoms with van der Waals surface area (Å²) >= 11 is 0. The number of halogens is 1. The minimum Gasteiger partial charge on any atom is -0.495 e. The molecule has 0 spiro atoms. The molecule has 0 saturated carbocycles. The molecule has 1 unspecified atom stereocenters. The highest BCUT2D eigenvalue weighted by molar-refractivity contribution is 6.01. The average molecular weight is 356 g/mol. The van der Waals surface area contributed by atoms with Crippen LogP contribution in [0.1, 0.15) is 18.9 Å². The van der Waals surface area contributed by atoms with Crippen molar-refractivity contribution in [2.45, 2.75) is 20.3 Å². The molecule has 1 aromatic carbocycles. The number of hydrogen-bond donors (Lipinski definition) is 2. The summed E-state index contributed by atoms with van der Waals surface area (Å²) in [5.74, 6) is 0.234. The SMILES string of the molecule is CCNCCNC(=O)C1CC(=O)N(c2cc(C)ccc2OC)C1.Cl. The van der Waals surface area contributed by atoms with E-state index in [1.54, 1.807) is 12.0 Å². The molecule has 2 amide bonds. The lowest BCUT2D eigenvalue weighted by molar-refractivity contribution is -0.126. The van der Waals surface area contributed by atoms with Crippen LogP contribution in [-0.4, -0.2) is 45.1 Å². The number of nitrogens with zero attached hydrogens (tertiary/aromatic N) is 1. The van der Waals surface area contributed by atoms with Crippen LogP contribution in [0.5, 0.6) is 5.75 Å². The highest BCUT2D eigenvalue weighted by Gasteiger charge is 2.36. The molecule has 0 aliphatic carbocycles. The van der Waals surface area contributed by atoms with Gasteiger partial charge in [0, 0.05) is 26.1 Å². The molecule has 6 nitrogen and oxygen atoms in total. The van der Waals surface area contributed by atoms with Gasteiger partial charge in [0.15, 0.2) is 0 Å². The van der Waals surface area contributed by atoms with Crippen LogP contribution in [0.25, 0.3) is 0 Å². The Labute approximate surface area is 149 Å². The maximum absolute atomic E-state index is 12.3. The summed E-state index contributed by atoms with van der Waals surface area (Å²) in [6, 6.07) is 5.71. The van der Waals surface area contributed by atoms with E-state index in [0.29, 0.717) is 18.8 Å². The van der Waals surface area contributed by atoms with Crippen molar-refractivity contribution >= 4 is 29.9 Å². The van der Waals surface area contributed by atoms with Gasteiger partial charge in [0.05, 0.1) is 18.7 Å². The van der Waals surface area contributed by atoms with Gasteiger partial charge in [-0.1, -0.05) is 13.0 Å². The largest absolute Gasteiger partial charge is 0.495 e. The third-order valence-electron chi connectivity index (χ3n) is 3.97. The van der Waals surface area contributed by atoms with Crippen LogP contribution in [0.3, 0.4) is 0 Å². The Hall–Kier alpha value is -1.79. The van der Waals surface area contributed by atoms with Gasteiger partial charge in [-0.15, -0.1) is 12.4 Å². The van der Waals surface area contributed by atoms with E-state index in [4.69, 9.17) is 4.74 Å². The Bertz CT molecular complexity index is 580. The van der Waals surface area contributed by atoms with Crippen molar-refractivity contribution in [3.8, 4) is 5.75 Å². The summed E-state index contributed by atoms with van der Waals surface area (Å²) in [7, 11) is 1.58. The van der Waals surface area contributed by atoms with Crippen molar-refractivity contribution in [3.63, 3.8) is 0 Å². The van der Waals surface area contributed by atoms with Crippen LogP contribution in [0, 0.1) is 12.8 Å². The Morgan fingerprint density at radius 1 is 1.38 bits per heavy atom. The van der Waals surface area contributed by atoms with Crippen LogP contribution in [0.2, 0.25) is 0 Å². The molecule has 0 radical (unpaired) electrons. The summed E-state index contributed by atoms with van der Waals surface area (Å²) in [5, 5.41) is 6.03. The average Bonchev–Trinajstić information content (AvgIpc) is 2.93. The maximum atomic E-state index is 12.3. The zero-order valence-corrected chi connectivity index (χ0v) is 15.2. The van der Waals surface area contributed by atoms with Crippen LogP contribution >= 0.6 is 12.4 Å². The number of rotatable bonds is 7. The van der Waals surface area contributed by atoms with Crippen molar-refractivity contribution in [2.24, 2.45) is 5.92 Å². The molecule has 1 aliphatic rings. The zero-order chi connectivity index (χ0) is 16.8.